The minimum absolute atomic E-state index is 0.430. The summed E-state index contributed by atoms with van der Waals surface area (Å²) in [5.74, 6) is -3.98. The van der Waals surface area contributed by atoms with E-state index in [0.29, 0.717) is 22.3 Å². The summed E-state index contributed by atoms with van der Waals surface area (Å²) >= 11 is 0. The third kappa shape index (κ3) is 8.37. The molecule has 0 heterocycles. The van der Waals surface area contributed by atoms with Crippen molar-refractivity contribution in [3.8, 4) is 0 Å². The maximum absolute atomic E-state index is 13.3. The molecule has 0 radical (unpaired) electrons. The Bertz CT molecular complexity index is 1400. The minimum atomic E-state index is -1.00. The summed E-state index contributed by atoms with van der Waals surface area (Å²) in [6.45, 7) is -0.860. The summed E-state index contributed by atoms with van der Waals surface area (Å²) in [7, 11) is 0. The van der Waals surface area contributed by atoms with Gasteiger partial charge in [0.05, 0.1) is 37.4 Å². The van der Waals surface area contributed by atoms with Crippen molar-refractivity contribution in [3.05, 3.63) is 144 Å². The van der Waals surface area contributed by atoms with E-state index in [2.05, 4.69) is 21.3 Å². The predicted molar refractivity (Wildman–Crippen MR) is 163 cm³/mol. The molecule has 0 aliphatic carbocycles. The van der Waals surface area contributed by atoms with Gasteiger partial charge in [-0.2, -0.15) is 0 Å². The lowest BCUT2D eigenvalue weighted by Gasteiger charge is -2.30. The fourth-order valence-electron chi connectivity index (χ4n) is 4.74. The zero-order valence-electron chi connectivity index (χ0n) is 23.8. The fraction of sp³-hybridized carbons (Fsp3) is 0.176. The van der Waals surface area contributed by atoms with Gasteiger partial charge in [0.15, 0.2) is 0 Å². The minimum Gasteiger partial charge on any atom is -0.394 e. The molecule has 0 saturated heterocycles. The average Bonchev–Trinajstić information content (AvgIpc) is 3.08. The molecule has 10 nitrogen and oxygen atoms in total. The molecule has 10 heteroatoms. The highest BCUT2D eigenvalue weighted by atomic mass is 16.3. The molecule has 0 aromatic heterocycles. The first-order chi connectivity index (χ1) is 21.4. The van der Waals surface area contributed by atoms with Crippen molar-refractivity contribution < 1.29 is 29.4 Å². The fourth-order valence-corrected chi connectivity index (χ4v) is 4.74. The van der Waals surface area contributed by atoms with Crippen molar-refractivity contribution in [2.45, 2.75) is 24.2 Å². The van der Waals surface area contributed by atoms with Gasteiger partial charge >= 0.3 is 23.6 Å². The van der Waals surface area contributed by atoms with E-state index in [0.717, 1.165) is 0 Å². The number of rotatable bonds is 11. The van der Waals surface area contributed by atoms with Gasteiger partial charge in [0.1, 0.15) is 0 Å². The number of aliphatic hydroxyl groups excluding tert-OH is 2. The Morgan fingerprint density at radius 2 is 0.659 bits per heavy atom. The lowest BCUT2D eigenvalue weighted by atomic mass is 9.93. The summed E-state index contributed by atoms with van der Waals surface area (Å²) in [6, 6.07) is 31.3. The smallest absolute Gasteiger partial charge is 0.309 e. The van der Waals surface area contributed by atoms with Crippen LogP contribution < -0.4 is 21.3 Å². The van der Waals surface area contributed by atoms with Gasteiger partial charge in [-0.25, -0.2) is 0 Å². The van der Waals surface area contributed by atoms with Crippen LogP contribution in [0.1, 0.15) is 46.4 Å². The number of nitrogens with one attached hydrogen (secondary N) is 4. The second-order valence-corrected chi connectivity index (χ2v) is 9.96. The Balaban J connectivity index is 1.59. The number of benzene rings is 4. The van der Waals surface area contributed by atoms with Crippen LogP contribution in [-0.2, 0) is 19.2 Å². The zero-order valence-corrected chi connectivity index (χ0v) is 23.8. The number of hydrogen-bond acceptors (Lipinski definition) is 6. The van der Waals surface area contributed by atoms with Crippen LogP contribution in [0.2, 0.25) is 0 Å². The molecule has 0 fully saturated rings. The Hall–Kier alpha value is -5.32. The molecule has 44 heavy (non-hydrogen) atoms. The summed E-state index contributed by atoms with van der Waals surface area (Å²) in [5.41, 5.74) is 2.35. The van der Waals surface area contributed by atoms with Crippen molar-refractivity contribution in [2.75, 3.05) is 13.2 Å². The van der Waals surface area contributed by atoms with Crippen molar-refractivity contribution in [1.29, 1.82) is 0 Å². The number of carbonyl (C=O) groups excluding carboxylic acids is 4. The quantitative estimate of drug-likeness (QED) is 0.147. The molecule has 2 unspecified atom stereocenters. The number of carbonyl (C=O) groups is 4. The van der Waals surface area contributed by atoms with Gasteiger partial charge < -0.3 is 31.5 Å². The van der Waals surface area contributed by atoms with Crippen LogP contribution in [0.4, 0.5) is 0 Å². The van der Waals surface area contributed by atoms with E-state index in [9.17, 15) is 29.4 Å². The lowest BCUT2D eigenvalue weighted by Crippen LogP contribution is -2.49. The van der Waals surface area contributed by atoms with Gasteiger partial charge in [-0.1, -0.05) is 121 Å². The van der Waals surface area contributed by atoms with Crippen LogP contribution in [0.5, 0.6) is 0 Å². The number of hydrogen-bond donors (Lipinski definition) is 6. The summed E-state index contributed by atoms with van der Waals surface area (Å²) < 4.78 is 0. The van der Waals surface area contributed by atoms with Crippen LogP contribution in [0.3, 0.4) is 0 Å². The molecule has 0 bridgehead atoms. The molecular formula is C34H34N4O6. The average molecular weight is 595 g/mol. The normalized spacial score (nSPS) is 13.4. The maximum atomic E-state index is 13.3. The van der Waals surface area contributed by atoms with Gasteiger partial charge in [-0.05, 0) is 22.3 Å². The van der Waals surface area contributed by atoms with Gasteiger partial charge in [-0.15, -0.1) is 0 Å². The molecule has 0 aliphatic rings. The van der Waals surface area contributed by atoms with Crippen molar-refractivity contribution in [1.82, 2.24) is 21.3 Å². The van der Waals surface area contributed by atoms with Crippen LogP contribution in [0.25, 0.3) is 0 Å². The Labute approximate surface area is 255 Å². The highest BCUT2D eigenvalue weighted by Gasteiger charge is 2.32. The molecular weight excluding hydrogens is 560 g/mol. The first kappa shape index (κ1) is 31.6. The molecule has 6 N–H and O–H groups in total. The van der Waals surface area contributed by atoms with E-state index >= 15 is 0 Å². The van der Waals surface area contributed by atoms with Gasteiger partial charge in [0, 0.05) is 0 Å². The first-order valence-corrected chi connectivity index (χ1v) is 14.1. The Morgan fingerprint density at radius 1 is 0.409 bits per heavy atom. The van der Waals surface area contributed by atoms with E-state index in [-0.39, 0.29) is 0 Å². The summed E-state index contributed by atoms with van der Waals surface area (Å²) in [5, 5.41) is 30.2. The highest BCUT2D eigenvalue weighted by Crippen LogP contribution is 2.29. The summed E-state index contributed by atoms with van der Waals surface area (Å²) in [4.78, 5) is 52.6. The molecule has 4 rings (SSSR count). The second kappa shape index (κ2) is 15.8. The van der Waals surface area contributed by atoms with E-state index in [1.807, 2.05) is 0 Å². The predicted octanol–water partition coefficient (Wildman–Crippen LogP) is 2.40. The molecule has 0 aliphatic heterocycles. The molecule has 0 spiro atoms. The number of aliphatic hydroxyl groups is 2. The van der Waals surface area contributed by atoms with Crippen LogP contribution >= 0.6 is 0 Å². The maximum Gasteiger partial charge on any atom is 0.309 e. The summed E-state index contributed by atoms with van der Waals surface area (Å²) in [6.07, 6.45) is 0. The molecule has 226 valence electrons. The largest absolute Gasteiger partial charge is 0.394 e. The molecule has 4 aromatic carbocycles. The second-order valence-electron chi connectivity index (χ2n) is 9.96. The molecule has 4 aromatic rings. The van der Waals surface area contributed by atoms with E-state index in [1.165, 1.54) is 0 Å². The monoisotopic (exact) mass is 594 g/mol. The van der Waals surface area contributed by atoms with Crippen molar-refractivity contribution in [2.24, 2.45) is 0 Å². The van der Waals surface area contributed by atoms with E-state index in [1.54, 1.807) is 121 Å². The first-order valence-electron chi connectivity index (χ1n) is 14.1. The number of amides is 4. The van der Waals surface area contributed by atoms with E-state index in [4.69, 9.17) is 0 Å². The molecule has 4 atom stereocenters. The zero-order chi connectivity index (χ0) is 31.3. The SMILES string of the molecule is O=C(NC(CO)c1ccccc1)C(=O)N[C@H](c1ccccc1)[C@H](NC(=O)C(=O)NC(CO)c1ccccc1)c1ccccc1. The van der Waals surface area contributed by atoms with Crippen LogP contribution in [0, 0.1) is 0 Å². The topological polar surface area (TPSA) is 157 Å². The van der Waals surface area contributed by atoms with Gasteiger partial charge in [0.25, 0.3) is 0 Å². The lowest BCUT2D eigenvalue weighted by molar-refractivity contribution is -0.141. The highest BCUT2D eigenvalue weighted by molar-refractivity contribution is 6.36. The van der Waals surface area contributed by atoms with Crippen LogP contribution in [-0.4, -0.2) is 47.1 Å². The van der Waals surface area contributed by atoms with E-state index < -0.39 is 61.0 Å². The third-order valence-electron chi connectivity index (χ3n) is 7.02. The van der Waals surface area contributed by atoms with Crippen molar-refractivity contribution in [3.63, 3.8) is 0 Å². The Morgan fingerprint density at radius 3 is 0.932 bits per heavy atom. The van der Waals surface area contributed by atoms with Crippen LogP contribution in [0.15, 0.2) is 121 Å². The van der Waals surface area contributed by atoms with Gasteiger partial charge in [-0.3, -0.25) is 19.2 Å². The third-order valence-corrected chi connectivity index (χ3v) is 7.02. The standard InChI is InChI=1S/C34H34N4O6/c39-21-27(23-13-5-1-6-14-23)35-31(41)33(43)37-29(25-17-9-3-10-18-25)30(26-19-11-4-12-20-26)38-34(44)32(42)36-28(22-40)24-15-7-2-8-16-24/h1-20,27-30,39-40H,21-22H2,(H,35,41)(H,36,42)(H,37,43)(H,38,44)/t27?,28?,29-,30-/m1/s1. The van der Waals surface area contributed by atoms with Gasteiger partial charge in [0.2, 0.25) is 0 Å². The molecule has 0 saturated carbocycles. The molecule has 4 amide bonds. The Kier molecular flexibility index (Phi) is 11.3. The van der Waals surface area contributed by atoms with Crippen molar-refractivity contribution >= 4 is 23.6 Å².